The number of hydrogen-bond acceptors (Lipinski definition) is 6. The van der Waals surface area contributed by atoms with Gasteiger partial charge in [-0.15, -0.1) is 10.2 Å². The number of carbonyl (C=O) groups excluding carboxylic acids is 1. The lowest BCUT2D eigenvalue weighted by atomic mass is 9.92. The van der Waals surface area contributed by atoms with Crippen molar-refractivity contribution < 1.29 is 13.2 Å². The maximum atomic E-state index is 12.4. The topological polar surface area (TPSA) is 101 Å². The molecule has 1 aliphatic rings. The van der Waals surface area contributed by atoms with Crippen LogP contribution >= 0.6 is 11.3 Å². The van der Waals surface area contributed by atoms with Gasteiger partial charge in [-0.3, -0.25) is 4.79 Å². The maximum absolute atomic E-state index is 12.4. The van der Waals surface area contributed by atoms with Gasteiger partial charge in [0, 0.05) is 13.0 Å². The molecule has 0 saturated heterocycles. The van der Waals surface area contributed by atoms with E-state index in [1.165, 1.54) is 16.9 Å². The minimum Gasteiger partial charge on any atom is -0.300 e. The smallest absolute Gasteiger partial charge is 0.240 e. The summed E-state index contributed by atoms with van der Waals surface area (Å²) in [5, 5.41) is 11.7. The van der Waals surface area contributed by atoms with Crippen LogP contribution in [0.1, 0.15) is 42.3 Å². The van der Waals surface area contributed by atoms with Crippen molar-refractivity contribution in [1.29, 1.82) is 0 Å². The molecule has 1 amide bonds. The van der Waals surface area contributed by atoms with E-state index in [2.05, 4.69) is 20.2 Å². The summed E-state index contributed by atoms with van der Waals surface area (Å²) in [6.07, 6.45) is 4.97. The number of rotatable bonds is 7. The third kappa shape index (κ3) is 4.66. The Labute approximate surface area is 157 Å². The number of aryl methyl sites for hydroxylation is 3. The zero-order valence-corrected chi connectivity index (χ0v) is 16.3. The Morgan fingerprint density at radius 1 is 1.19 bits per heavy atom. The number of nitrogens with one attached hydrogen (secondary N) is 2. The Bertz CT molecular complexity index is 893. The molecule has 1 aromatic carbocycles. The maximum Gasteiger partial charge on any atom is 0.240 e. The van der Waals surface area contributed by atoms with E-state index in [9.17, 15) is 13.2 Å². The van der Waals surface area contributed by atoms with Crippen molar-refractivity contribution in [2.45, 2.75) is 50.3 Å². The number of carbonyl (C=O) groups is 1. The number of amides is 1. The normalized spacial score (nSPS) is 14.0. The molecule has 7 nitrogen and oxygen atoms in total. The highest BCUT2D eigenvalue weighted by atomic mass is 32.2. The van der Waals surface area contributed by atoms with Crippen LogP contribution in [-0.4, -0.2) is 31.1 Å². The molecule has 1 heterocycles. The summed E-state index contributed by atoms with van der Waals surface area (Å²) in [6, 6.07) is 5.29. The Morgan fingerprint density at radius 2 is 1.96 bits per heavy atom. The SMILES string of the molecule is CCc1nnc(NC(=O)CCNS(=O)(=O)c2ccc3c(c2)CCCC3)s1. The number of anilines is 1. The number of nitrogens with zero attached hydrogens (tertiary/aromatic N) is 2. The van der Waals surface area contributed by atoms with Crippen LogP contribution in [0.4, 0.5) is 5.13 Å². The van der Waals surface area contributed by atoms with Crippen LogP contribution in [0.15, 0.2) is 23.1 Å². The quantitative estimate of drug-likeness (QED) is 0.750. The second-order valence-corrected chi connectivity index (χ2v) is 9.02. The summed E-state index contributed by atoms with van der Waals surface area (Å²) in [6.45, 7) is 1.99. The van der Waals surface area contributed by atoms with E-state index < -0.39 is 10.0 Å². The average molecular weight is 395 g/mol. The van der Waals surface area contributed by atoms with Gasteiger partial charge in [-0.2, -0.15) is 0 Å². The molecule has 1 aliphatic carbocycles. The van der Waals surface area contributed by atoms with Crippen molar-refractivity contribution in [2.24, 2.45) is 0 Å². The lowest BCUT2D eigenvalue weighted by Gasteiger charge is -2.16. The van der Waals surface area contributed by atoms with Gasteiger partial charge in [0.15, 0.2) is 0 Å². The van der Waals surface area contributed by atoms with Crippen molar-refractivity contribution in [3.63, 3.8) is 0 Å². The van der Waals surface area contributed by atoms with Crippen LogP contribution in [0.5, 0.6) is 0 Å². The lowest BCUT2D eigenvalue weighted by molar-refractivity contribution is -0.116. The molecule has 1 aromatic heterocycles. The molecule has 2 N–H and O–H groups in total. The molecule has 9 heteroatoms. The minimum absolute atomic E-state index is 0.0324. The van der Waals surface area contributed by atoms with Gasteiger partial charge in [-0.25, -0.2) is 13.1 Å². The highest BCUT2D eigenvalue weighted by Gasteiger charge is 2.18. The first-order valence-corrected chi connectivity index (χ1v) is 11.0. The zero-order valence-electron chi connectivity index (χ0n) is 14.6. The summed E-state index contributed by atoms with van der Waals surface area (Å²) in [5.41, 5.74) is 2.35. The van der Waals surface area contributed by atoms with E-state index in [0.717, 1.165) is 42.7 Å². The molecular weight excluding hydrogens is 372 g/mol. The third-order valence-electron chi connectivity index (χ3n) is 4.29. The first-order valence-electron chi connectivity index (χ1n) is 8.71. The first kappa shape index (κ1) is 18.9. The lowest BCUT2D eigenvalue weighted by Crippen LogP contribution is -2.28. The molecule has 2 aromatic rings. The van der Waals surface area contributed by atoms with Gasteiger partial charge in [0.2, 0.25) is 21.1 Å². The van der Waals surface area contributed by atoms with Gasteiger partial charge in [0.25, 0.3) is 0 Å². The Hall–Kier alpha value is -1.84. The molecule has 0 radical (unpaired) electrons. The average Bonchev–Trinajstić information content (AvgIpc) is 3.08. The predicted octanol–water partition coefficient (Wildman–Crippen LogP) is 2.29. The molecule has 0 saturated carbocycles. The summed E-state index contributed by atoms with van der Waals surface area (Å²) >= 11 is 1.32. The summed E-state index contributed by atoms with van der Waals surface area (Å²) in [4.78, 5) is 12.2. The Kier molecular flexibility index (Phi) is 6.00. The number of hydrogen-bond donors (Lipinski definition) is 2. The van der Waals surface area contributed by atoms with Crippen molar-refractivity contribution in [3.8, 4) is 0 Å². The van der Waals surface area contributed by atoms with E-state index in [-0.39, 0.29) is 23.8 Å². The van der Waals surface area contributed by atoms with Gasteiger partial charge in [0.1, 0.15) is 5.01 Å². The highest BCUT2D eigenvalue weighted by molar-refractivity contribution is 7.89. The second kappa shape index (κ2) is 8.24. The third-order valence-corrected chi connectivity index (χ3v) is 6.73. The fraction of sp³-hybridized carbons (Fsp3) is 0.471. The zero-order chi connectivity index (χ0) is 18.6. The number of aromatic nitrogens is 2. The van der Waals surface area contributed by atoms with E-state index >= 15 is 0 Å². The fourth-order valence-electron chi connectivity index (χ4n) is 2.89. The van der Waals surface area contributed by atoms with Gasteiger partial charge >= 0.3 is 0 Å². The van der Waals surface area contributed by atoms with Gasteiger partial charge in [-0.05, 0) is 55.4 Å². The largest absolute Gasteiger partial charge is 0.300 e. The molecule has 0 aliphatic heterocycles. The number of benzene rings is 1. The van der Waals surface area contributed by atoms with Crippen LogP contribution in [0.2, 0.25) is 0 Å². The van der Waals surface area contributed by atoms with Crippen molar-refractivity contribution in [1.82, 2.24) is 14.9 Å². The van der Waals surface area contributed by atoms with Crippen molar-refractivity contribution in [3.05, 3.63) is 34.3 Å². The molecule has 0 spiro atoms. The van der Waals surface area contributed by atoms with E-state index in [1.54, 1.807) is 12.1 Å². The molecule has 0 unspecified atom stereocenters. The van der Waals surface area contributed by atoms with E-state index in [1.807, 2.05) is 13.0 Å². The van der Waals surface area contributed by atoms with Crippen LogP contribution in [0.25, 0.3) is 0 Å². The van der Waals surface area contributed by atoms with Crippen LogP contribution in [-0.2, 0) is 34.1 Å². The van der Waals surface area contributed by atoms with Crippen LogP contribution < -0.4 is 10.0 Å². The van der Waals surface area contributed by atoms with Crippen molar-refractivity contribution in [2.75, 3.05) is 11.9 Å². The van der Waals surface area contributed by atoms with Gasteiger partial charge < -0.3 is 5.32 Å². The molecule has 0 atom stereocenters. The van der Waals surface area contributed by atoms with E-state index in [4.69, 9.17) is 0 Å². The predicted molar refractivity (Wildman–Crippen MR) is 101 cm³/mol. The highest BCUT2D eigenvalue weighted by Crippen LogP contribution is 2.24. The van der Waals surface area contributed by atoms with Gasteiger partial charge in [0.05, 0.1) is 4.90 Å². The fourth-order valence-corrected chi connectivity index (χ4v) is 4.67. The summed E-state index contributed by atoms with van der Waals surface area (Å²) in [7, 11) is -3.62. The molecule has 3 rings (SSSR count). The van der Waals surface area contributed by atoms with Gasteiger partial charge in [-0.1, -0.05) is 24.3 Å². The molecule has 26 heavy (non-hydrogen) atoms. The summed E-state index contributed by atoms with van der Waals surface area (Å²) in [5.74, 6) is -0.294. The standard InChI is InChI=1S/C17H22N4O3S2/c1-2-16-20-21-17(25-16)19-15(22)9-10-18-26(23,24)14-8-7-12-5-3-4-6-13(12)11-14/h7-8,11,18H,2-6,9-10H2,1H3,(H,19,21,22). The summed E-state index contributed by atoms with van der Waals surface area (Å²) < 4.78 is 27.4. The number of fused-ring (bicyclic) bond motifs is 1. The molecule has 140 valence electrons. The monoisotopic (exact) mass is 394 g/mol. The van der Waals surface area contributed by atoms with E-state index in [0.29, 0.717) is 5.13 Å². The number of sulfonamides is 1. The minimum atomic E-state index is -3.62. The van der Waals surface area contributed by atoms with Crippen LogP contribution in [0, 0.1) is 0 Å². The molecule has 0 fully saturated rings. The second-order valence-electron chi connectivity index (χ2n) is 6.19. The van der Waals surface area contributed by atoms with Crippen molar-refractivity contribution >= 4 is 32.4 Å². The Morgan fingerprint density at radius 3 is 2.69 bits per heavy atom. The molecular formula is C17H22N4O3S2. The Balaban J connectivity index is 1.54. The molecule has 0 bridgehead atoms. The van der Waals surface area contributed by atoms with Crippen LogP contribution in [0.3, 0.4) is 0 Å². The first-order chi connectivity index (χ1) is 12.5.